The Labute approximate surface area is 124 Å². The zero-order chi connectivity index (χ0) is 13.5. The van der Waals surface area contributed by atoms with Crippen LogP contribution >= 0.6 is 23.2 Å². The third-order valence-corrected chi connectivity index (χ3v) is 5.59. The van der Waals surface area contributed by atoms with Gasteiger partial charge in [-0.2, -0.15) is 0 Å². The van der Waals surface area contributed by atoms with Crippen LogP contribution in [0.5, 0.6) is 0 Å². The van der Waals surface area contributed by atoms with Gasteiger partial charge in [0.1, 0.15) is 0 Å². The lowest BCUT2D eigenvalue weighted by Gasteiger charge is -2.42. The summed E-state index contributed by atoms with van der Waals surface area (Å²) in [5.41, 5.74) is 1.54. The normalized spacial score (nSPS) is 33.6. The molecule has 19 heavy (non-hydrogen) atoms. The minimum atomic E-state index is 0.208. The summed E-state index contributed by atoms with van der Waals surface area (Å²) in [5, 5.41) is 4.92. The lowest BCUT2D eigenvalue weighted by molar-refractivity contribution is 0.0889. The maximum Gasteiger partial charge on any atom is 0.0595 e. The van der Waals surface area contributed by atoms with Gasteiger partial charge in [0.15, 0.2) is 0 Å². The fraction of sp³-hybridized carbons (Fsp3) is 0.600. The van der Waals surface area contributed by atoms with Gasteiger partial charge in [-0.05, 0) is 37.0 Å². The van der Waals surface area contributed by atoms with Crippen molar-refractivity contribution in [2.24, 2.45) is 5.92 Å². The Morgan fingerprint density at radius 2 is 2.21 bits per heavy atom. The molecule has 2 nitrogen and oxygen atoms in total. The number of ether oxygens (including phenoxy) is 1. The Morgan fingerprint density at radius 1 is 1.37 bits per heavy atom. The minimum absolute atomic E-state index is 0.208. The van der Waals surface area contributed by atoms with Crippen LogP contribution in [0.2, 0.25) is 10.0 Å². The van der Waals surface area contributed by atoms with Crippen molar-refractivity contribution in [3.8, 4) is 0 Å². The van der Waals surface area contributed by atoms with Gasteiger partial charge >= 0.3 is 0 Å². The highest BCUT2D eigenvalue weighted by Crippen LogP contribution is 2.50. The number of nitrogens with one attached hydrogen (secondary N) is 1. The van der Waals surface area contributed by atoms with E-state index in [2.05, 4.69) is 17.4 Å². The van der Waals surface area contributed by atoms with Gasteiger partial charge < -0.3 is 10.1 Å². The molecule has 1 saturated heterocycles. The molecule has 1 saturated carbocycles. The second kappa shape index (κ2) is 5.25. The van der Waals surface area contributed by atoms with E-state index >= 15 is 0 Å². The summed E-state index contributed by atoms with van der Waals surface area (Å²) in [4.78, 5) is 0. The van der Waals surface area contributed by atoms with Gasteiger partial charge in [0, 0.05) is 31.0 Å². The first kappa shape index (κ1) is 13.7. The van der Waals surface area contributed by atoms with Crippen LogP contribution in [0, 0.1) is 5.92 Å². The largest absolute Gasteiger partial charge is 0.384 e. The van der Waals surface area contributed by atoms with Gasteiger partial charge in [0.2, 0.25) is 0 Å². The summed E-state index contributed by atoms with van der Waals surface area (Å²) in [6.45, 7) is 1.82. The van der Waals surface area contributed by atoms with Gasteiger partial charge in [-0.15, -0.1) is 0 Å². The van der Waals surface area contributed by atoms with Crippen molar-refractivity contribution in [3.63, 3.8) is 0 Å². The van der Waals surface area contributed by atoms with Crippen LogP contribution in [-0.2, 0) is 10.2 Å². The molecular formula is C15H19Cl2NO. The van der Waals surface area contributed by atoms with E-state index in [-0.39, 0.29) is 5.41 Å². The molecule has 4 heteroatoms. The number of hydrogen-bond acceptors (Lipinski definition) is 2. The second-order valence-corrected chi connectivity index (χ2v) is 6.60. The van der Waals surface area contributed by atoms with Gasteiger partial charge in [-0.3, -0.25) is 0 Å². The van der Waals surface area contributed by atoms with Crippen LogP contribution in [0.25, 0.3) is 0 Å². The Kier molecular flexibility index (Phi) is 3.78. The number of halogens is 2. The number of fused-ring (bicyclic) bond motifs is 2. The van der Waals surface area contributed by atoms with Crippen molar-refractivity contribution >= 4 is 23.2 Å². The van der Waals surface area contributed by atoms with Crippen molar-refractivity contribution in [3.05, 3.63) is 33.8 Å². The summed E-state index contributed by atoms with van der Waals surface area (Å²) in [5.74, 6) is 0.508. The highest BCUT2D eigenvalue weighted by Gasteiger charge is 2.49. The molecule has 0 aromatic heterocycles. The number of piperidine rings is 1. The third kappa shape index (κ3) is 2.29. The third-order valence-electron chi connectivity index (χ3n) is 4.85. The van der Waals surface area contributed by atoms with E-state index in [9.17, 15) is 0 Å². The van der Waals surface area contributed by atoms with E-state index < -0.39 is 0 Å². The highest BCUT2D eigenvalue weighted by atomic mass is 35.5. The molecule has 1 aromatic rings. The maximum absolute atomic E-state index is 6.21. The molecule has 1 heterocycles. The maximum atomic E-state index is 6.21. The molecule has 1 aliphatic carbocycles. The molecule has 3 rings (SSSR count). The lowest BCUT2D eigenvalue weighted by atomic mass is 9.67. The SMILES string of the molecule is COCC1CNC2CC[C@]1(c1ccc(Cl)c(Cl)c1)C2. The molecule has 2 aliphatic rings. The van der Waals surface area contributed by atoms with Gasteiger partial charge in [-0.25, -0.2) is 0 Å². The average Bonchev–Trinajstić information content (AvgIpc) is 2.76. The monoisotopic (exact) mass is 299 g/mol. The molecule has 2 bridgehead atoms. The number of rotatable bonds is 3. The van der Waals surface area contributed by atoms with Gasteiger partial charge in [-0.1, -0.05) is 29.3 Å². The molecule has 104 valence electrons. The first-order chi connectivity index (χ1) is 9.15. The molecular weight excluding hydrogens is 281 g/mol. The van der Waals surface area contributed by atoms with Crippen molar-refractivity contribution < 1.29 is 4.74 Å². The van der Waals surface area contributed by atoms with Crippen LogP contribution in [0.15, 0.2) is 18.2 Å². The van der Waals surface area contributed by atoms with Crippen LogP contribution in [0.3, 0.4) is 0 Å². The standard InChI is InChI=1S/C15H19Cl2NO/c1-19-9-11-8-18-12-4-5-15(11,7-12)10-2-3-13(16)14(17)6-10/h2-3,6,11-12,18H,4-5,7-9H2,1H3/t11?,12?,15-/m1/s1. The smallest absolute Gasteiger partial charge is 0.0595 e. The lowest BCUT2D eigenvalue weighted by Crippen LogP contribution is -2.48. The quantitative estimate of drug-likeness (QED) is 0.920. The highest BCUT2D eigenvalue weighted by molar-refractivity contribution is 6.42. The molecule has 1 N–H and O–H groups in total. The van der Waals surface area contributed by atoms with E-state index in [0.717, 1.165) is 13.2 Å². The van der Waals surface area contributed by atoms with Crippen LogP contribution in [0.4, 0.5) is 0 Å². The van der Waals surface area contributed by atoms with Crippen LogP contribution in [0.1, 0.15) is 24.8 Å². The summed E-state index contributed by atoms with van der Waals surface area (Å²) < 4.78 is 5.43. The van der Waals surface area contributed by atoms with E-state index in [1.54, 1.807) is 7.11 Å². The first-order valence-corrected chi connectivity index (χ1v) is 7.59. The summed E-state index contributed by atoms with van der Waals surface area (Å²) in [6.07, 6.45) is 3.62. The molecule has 2 unspecified atom stereocenters. The number of methoxy groups -OCH3 is 1. The predicted molar refractivity (Wildman–Crippen MR) is 79.1 cm³/mol. The molecule has 0 radical (unpaired) electrons. The molecule has 1 aliphatic heterocycles. The first-order valence-electron chi connectivity index (χ1n) is 6.83. The Balaban J connectivity index is 2.00. The zero-order valence-electron chi connectivity index (χ0n) is 11.1. The molecule has 3 atom stereocenters. The molecule has 0 amide bonds. The summed E-state index contributed by atoms with van der Waals surface area (Å²) in [6, 6.07) is 6.76. The molecule has 2 fully saturated rings. The van der Waals surface area contributed by atoms with Crippen LogP contribution in [-0.4, -0.2) is 26.3 Å². The summed E-state index contributed by atoms with van der Waals surface area (Å²) in [7, 11) is 1.78. The fourth-order valence-corrected chi connectivity index (χ4v) is 4.15. The van der Waals surface area contributed by atoms with Gasteiger partial charge in [0.25, 0.3) is 0 Å². The van der Waals surface area contributed by atoms with Crippen molar-refractivity contribution in [2.75, 3.05) is 20.3 Å². The molecule has 1 aromatic carbocycles. The van der Waals surface area contributed by atoms with Crippen molar-refractivity contribution in [1.29, 1.82) is 0 Å². The van der Waals surface area contributed by atoms with Gasteiger partial charge in [0.05, 0.1) is 16.7 Å². The fourth-order valence-electron chi connectivity index (χ4n) is 3.85. The predicted octanol–water partition coefficient (Wildman–Crippen LogP) is 3.65. The second-order valence-electron chi connectivity index (χ2n) is 5.79. The van der Waals surface area contributed by atoms with Crippen molar-refractivity contribution in [1.82, 2.24) is 5.32 Å². The van der Waals surface area contributed by atoms with Crippen LogP contribution < -0.4 is 5.32 Å². The molecule has 0 spiro atoms. The van der Waals surface area contributed by atoms with Crippen molar-refractivity contribution in [2.45, 2.75) is 30.7 Å². The van der Waals surface area contributed by atoms with E-state index in [4.69, 9.17) is 27.9 Å². The zero-order valence-corrected chi connectivity index (χ0v) is 12.6. The Morgan fingerprint density at radius 3 is 2.95 bits per heavy atom. The minimum Gasteiger partial charge on any atom is -0.384 e. The number of benzene rings is 1. The van der Waals surface area contributed by atoms with E-state index in [0.29, 0.717) is 22.0 Å². The van der Waals surface area contributed by atoms with E-state index in [1.165, 1.54) is 24.8 Å². The summed E-state index contributed by atoms with van der Waals surface area (Å²) >= 11 is 12.3. The average molecular weight is 300 g/mol. The Bertz CT molecular complexity index is 479. The Hall–Kier alpha value is -0.280. The number of hydrogen-bond donors (Lipinski definition) is 1. The topological polar surface area (TPSA) is 21.3 Å². The van der Waals surface area contributed by atoms with E-state index in [1.807, 2.05) is 6.07 Å².